The fourth-order valence-corrected chi connectivity index (χ4v) is 3.42. The third kappa shape index (κ3) is 3.65. The number of aromatic nitrogens is 3. The van der Waals surface area contributed by atoms with Gasteiger partial charge in [-0.3, -0.25) is 9.78 Å². The summed E-state index contributed by atoms with van der Waals surface area (Å²) in [6.45, 7) is 0.808. The number of halogens is 3. The second-order valence-electron chi connectivity index (χ2n) is 6.40. The predicted octanol–water partition coefficient (Wildman–Crippen LogP) is 3.15. The Hall–Kier alpha value is -2.72. The third-order valence-electron chi connectivity index (χ3n) is 4.43. The van der Waals surface area contributed by atoms with Gasteiger partial charge in [0, 0.05) is 5.39 Å². The molecule has 1 saturated heterocycles. The van der Waals surface area contributed by atoms with Crippen LogP contribution in [0.15, 0.2) is 41.6 Å². The first kappa shape index (κ1) is 19.6. The van der Waals surface area contributed by atoms with Gasteiger partial charge in [-0.1, -0.05) is 12.1 Å². The van der Waals surface area contributed by atoms with Crippen molar-refractivity contribution in [3.05, 3.63) is 59.4 Å². The second-order valence-corrected chi connectivity index (χ2v) is 7.20. The van der Waals surface area contributed by atoms with E-state index >= 15 is 8.78 Å². The highest BCUT2D eigenvalue weighted by Gasteiger charge is 2.40. The summed E-state index contributed by atoms with van der Waals surface area (Å²) in [5, 5.41) is 3.57. The fourth-order valence-electron chi connectivity index (χ4n) is 2.86. The molecule has 1 aromatic carbocycles. The normalized spacial score (nSPS) is 14.6. The molecule has 0 saturated carbocycles. The lowest BCUT2D eigenvalue weighted by molar-refractivity contribution is -0.00344. The quantitative estimate of drug-likeness (QED) is 0.505. The highest BCUT2D eigenvalue weighted by molar-refractivity contribution is 7.98. The summed E-state index contributed by atoms with van der Waals surface area (Å²) in [6, 6.07) is 6.50. The summed E-state index contributed by atoms with van der Waals surface area (Å²) >= 11 is 1.16. The molecule has 29 heavy (non-hydrogen) atoms. The number of ether oxygens (including phenoxy) is 1. The number of pyridine rings is 1. The Balaban J connectivity index is 1.83. The van der Waals surface area contributed by atoms with Crippen molar-refractivity contribution >= 4 is 28.6 Å². The number of nitrogens with zero attached hydrogens (tertiary/aromatic N) is 3. The molecule has 0 radical (unpaired) electrons. The van der Waals surface area contributed by atoms with E-state index in [4.69, 9.17) is 4.74 Å². The van der Waals surface area contributed by atoms with E-state index in [2.05, 4.69) is 20.3 Å². The number of hydrogen-bond donors (Lipinski definition) is 1. The molecular weight excluding hydrogens is 405 g/mol. The fraction of sp³-hybridized carbons (Fsp3) is 0.263. The number of benzene rings is 1. The van der Waals surface area contributed by atoms with Crippen molar-refractivity contribution in [2.45, 2.75) is 17.0 Å². The van der Waals surface area contributed by atoms with Gasteiger partial charge in [0.1, 0.15) is 16.5 Å². The number of rotatable bonds is 5. The van der Waals surface area contributed by atoms with Crippen molar-refractivity contribution < 1.29 is 22.7 Å². The summed E-state index contributed by atoms with van der Waals surface area (Å²) in [6.07, 6.45) is 2.40. The third-order valence-corrected chi connectivity index (χ3v) is 5.13. The number of fused-ring (bicyclic) bond motifs is 1. The van der Waals surface area contributed by atoms with Crippen LogP contribution in [-0.2, 0) is 10.7 Å². The van der Waals surface area contributed by atoms with Gasteiger partial charge in [0.25, 0.3) is 5.91 Å². The van der Waals surface area contributed by atoms with Gasteiger partial charge in [0.2, 0.25) is 5.82 Å². The van der Waals surface area contributed by atoms with Crippen LogP contribution < -0.4 is 5.32 Å². The smallest absolute Gasteiger partial charge is 0.348 e. The molecule has 150 valence electrons. The van der Waals surface area contributed by atoms with Gasteiger partial charge in [-0.15, -0.1) is 11.8 Å². The summed E-state index contributed by atoms with van der Waals surface area (Å²) in [4.78, 5) is 24.1. The number of hydrogen-bond acceptors (Lipinski definition) is 6. The molecule has 1 amide bonds. The van der Waals surface area contributed by atoms with Gasteiger partial charge in [0.05, 0.1) is 36.5 Å². The molecule has 3 aromatic rings. The van der Waals surface area contributed by atoms with Crippen LogP contribution in [0.3, 0.4) is 0 Å². The predicted molar refractivity (Wildman–Crippen MR) is 101 cm³/mol. The zero-order valence-corrected chi connectivity index (χ0v) is 16.0. The maximum atomic E-state index is 15.0. The molecule has 1 aliphatic heterocycles. The SMILES string of the molecule is CSc1nc(C(F)(F)c2ccc(F)cn2)nc2c(C(=O)NC3COC3)cccc12. The molecule has 0 unspecified atom stereocenters. The number of carbonyl (C=O) groups excluding carboxylic acids is 1. The van der Waals surface area contributed by atoms with E-state index in [1.807, 2.05) is 0 Å². The number of thioether (sulfide) groups is 1. The van der Waals surface area contributed by atoms with E-state index in [0.717, 1.165) is 23.9 Å². The van der Waals surface area contributed by atoms with Gasteiger partial charge in [-0.25, -0.2) is 14.4 Å². The van der Waals surface area contributed by atoms with Crippen LogP contribution in [0.25, 0.3) is 10.9 Å². The van der Waals surface area contributed by atoms with Crippen LogP contribution in [0.4, 0.5) is 13.2 Å². The van der Waals surface area contributed by atoms with Gasteiger partial charge in [-0.2, -0.15) is 8.78 Å². The van der Waals surface area contributed by atoms with Crippen molar-refractivity contribution in [1.82, 2.24) is 20.3 Å². The molecule has 1 fully saturated rings. The van der Waals surface area contributed by atoms with Gasteiger partial charge < -0.3 is 10.1 Å². The molecule has 1 N–H and O–H groups in total. The maximum absolute atomic E-state index is 15.0. The van der Waals surface area contributed by atoms with E-state index in [1.165, 1.54) is 6.07 Å². The molecule has 4 rings (SSSR count). The van der Waals surface area contributed by atoms with Gasteiger partial charge in [-0.05, 0) is 24.5 Å². The Bertz CT molecular complexity index is 1070. The first-order chi connectivity index (χ1) is 13.9. The Morgan fingerprint density at radius 1 is 1.24 bits per heavy atom. The molecule has 3 heterocycles. The Labute approximate surface area is 167 Å². The highest BCUT2D eigenvalue weighted by Crippen LogP contribution is 2.35. The molecule has 10 heteroatoms. The van der Waals surface area contributed by atoms with Crippen LogP contribution in [0, 0.1) is 5.82 Å². The van der Waals surface area contributed by atoms with Crippen LogP contribution in [-0.4, -0.2) is 46.4 Å². The first-order valence-corrected chi connectivity index (χ1v) is 9.86. The highest BCUT2D eigenvalue weighted by atomic mass is 32.2. The number of amides is 1. The number of para-hydroxylation sites is 1. The van der Waals surface area contributed by atoms with E-state index in [1.54, 1.807) is 18.4 Å². The first-order valence-electron chi connectivity index (χ1n) is 8.64. The van der Waals surface area contributed by atoms with Gasteiger partial charge in [0.15, 0.2) is 0 Å². The summed E-state index contributed by atoms with van der Waals surface area (Å²) < 4.78 is 48.2. The molecule has 6 nitrogen and oxygen atoms in total. The minimum absolute atomic E-state index is 0.112. The van der Waals surface area contributed by atoms with E-state index < -0.39 is 29.2 Å². The van der Waals surface area contributed by atoms with Crippen LogP contribution in [0.1, 0.15) is 21.9 Å². The van der Waals surface area contributed by atoms with Gasteiger partial charge >= 0.3 is 5.92 Å². The Morgan fingerprint density at radius 2 is 2.03 bits per heavy atom. The molecule has 0 aliphatic carbocycles. The van der Waals surface area contributed by atoms with Crippen LogP contribution >= 0.6 is 11.8 Å². The molecule has 0 spiro atoms. The molecule has 0 bridgehead atoms. The lowest BCUT2D eigenvalue weighted by Crippen LogP contribution is -2.48. The minimum Gasteiger partial charge on any atom is -0.377 e. The largest absolute Gasteiger partial charge is 0.377 e. The van der Waals surface area contributed by atoms with Crippen molar-refractivity contribution in [1.29, 1.82) is 0 Å². The van der Waals surface area contributed by atoms with Crippen molar-refractivity contribution in [3.8, 4) is 0 Å². The van der Waals surface area contributed by atoms with E-state index in [0.29, 0.717) is 29.8 Å². The second kappa shape index (κ2) is 7.60. The average molecular weight is 420 g/mol. The maximum Gasteiger partial charge on any atom is 0.348 e. The molecule has 2 aromatic heterocycles. The summed E-state index contributed by atoms with van der Waals surface area (Å²) in [5.41, 5.74) is -0.406. The standard InChI is InChI=1S/C19H15F3N4O2S/c1-29-17-13-4-2-3-12(16(27)24-11-8-28-9-11)15(13)25-18(26-17)19(21,22)14-6-5-10(20)7-23-14/h2-7,11H,8-9H2,1H3,(H,24,27). The minimum atomic E-state index is -3.67. The Morgan fingerprint density at radius 3 is 2.66 bits per heavy atom. The van der Waals surface area contributed by atoms with Crippen molar-refractivity contribution in [3.63, 3.8) is 0 Å². The van der Waals surface area contributed by atoms with Crippen LogP contribution in [0.2, 0.25) is 0 Å². The molecular formula is C19H15F3N4O2S. The monoisotopic (exact) mass is 420 g/mol. The number of alkyl halides is 2. The van der Waals surface area contributed by atoms with Crippen molar-refractivity contribution in [2.75, 3.05) is 19.5 Å². The number of nitrogens with one attached hydrogen (secondary N) is 1. The molecule has 0 atom stereocenters. The lowest BCUT2D eigenvalue weighted by Gasteiger charge is -2.27. The summed E-state index contributed by atoms with van der Waals surface area (Å²) in [5.74, 6) is -5.63. The average Bonchev–Trinajstić information content (AvgIpc) is 2.69. The zero-order valence-electron chi connectivity index (χ0n) is 15.2. The van der Waals surface area contributed by atoms with E-state index in [-0.39, 0.29) is 17.1 Å². The van der Waals surface area contributed by atoms with Crippen LogP contribution in [0.5, 0.6) is 0 Å². The summed E-state index contributed by atoms with van der Waals surface area (Å²) in [7, 11) is 0. The Kier molecular flexibility index (Phi) is 5.13. The zero-order chi connectivity index (χ0) is 20.6. The molecule has 1 aliphatic rings. The topological polar surface area (TPSA) is 77.0 Å². The number of carbonyl (C=O) groups is 1. The van der Waals surface area contributed by atoms with Crippen molar-refractivity contribution in [2.24, 2.45) is 0 Å². The lowest BCUT2D eigenvalue weighted by atomic mass is 10.1. The van der Waals surface area contributed by atoms with E-state index in [9.17, 15) is 9.18 Å².